The van der Waals surface area contributed by atoms with Gasteiger partial charge < -0.3 is 4.74 Å². The van der Waals surface area contributed by atoms with Crippen LogP contribution in [0.3, 0.4) is 0 Å². The molecule has 0 saturated heterocycles. The van der Waals surface area contributed by atoms with E-state index in [1.807, 2.05) is 13.8 Å². The number of hydrogen-bond donors (Lipinski definition) is 0. The quantitative estimate of drug-likeness (QED) is 0.739. The van der Waals surface area contributed by atoms with Crippen LogP contribution in [0.15, 0.2) is 18.3 Å². The van der Waals surface area contributed by atoms with E-state index in [0.717, 1.165) is 0 Å². The number of pyridine rings is 1. The summed E-state index contributed by atoms with van der Waals surface area (Å²) < 4.78 is 5.56. The number of rotatable bonds is 4. The molecule has 3 nitrogen and oxygen atoms in total. The Morgan fingerprint density at radius 2 is 2.33 bits per heavy atom. The number of aromatic nitrogens is 1. The summed E-state index contributed by atoms with van der Waals surface area (Å²) in [6.45, 7) is 3.86. The van der Waals surface area contributed by atoms with Gasteiger partial charge in [0.2, 0.25) is 0 Å². The Hall–Kier alpha value is -1.27. The molecule has 0 aliphatic rings. The predicted octanol–water partition coefficient (Wildman–Crippen LogP) is 2.71. The second-order valence-corrected chi connectivity index (χ2v) is 3.70. The number of halogens is 1. The number of nitriles is 1. The lowest BCUT2D eigenvalue weighted by Crippen LogP contribution is -2.10. The molecule has 0 aliphatic heterocycles. The third kappa shape index (κ3) is 3.10. The van der Waals surface area contributed by atoms with E-state index in [2.05, 4.69) is 11.1 Å². The summed E-state index contributed by atoms with van der Waals surface area (Å²) in [7, 11) is 0. The highest BCUT2D eigenvalue weighted by atomic mass is 35.5. The van der Waals surface area contributed by atoms with Crippen LogP contribution in [0, 0.1) is 11.3 Å². The molecule has 4 heteroatoms. The van der Waals surface area contributed by atoms with E-state index in [-0.39, 0.29) is 12.0 Å². The fraction of sp³-hybridized carbons (Fsp3) is 0.455. The van der Waals surface area contributed by atoms with E-state index in [4.69, 9.17) is 21.6 Å². The van der Waals surface area contributed by atoms with Crippen LogP contribution in [0.2, 0.25) is 0 Å². The summed E-state index contributed by atoms with van der Waals surface area (Å²) in [6.07, 6.45) is 1.70. The maximum Gasteiger partial charge on any atom is 0.142 e. The zero-order chi connectivity index (χ0) is 11.3. The molecule has 0 N–H and O–H groups in total. The summed E-state index contributed by atoms with van der Waals surface area (Å²) in [6, 6.07) is 5.69. The molecule has 80 valence electrons. The van der Waals surface area contributed by atoms with Gasteiger partial charge >= 0.3 is 0 Å². The molecule has 0 saturated carbocycles. The normalized spacial score (nSPS) is 12.2. The van der Waals surface area contributed by atoms with Crippen LogP contribution < -0.4 is 4.74 Å². The molecular formula is C11H13ClN2O. The van der Waals surface area contributed by atoms with Crippen molar-refractivity contribution >= 4 is 11.6 Å². The summed E-state index contributed by atoms with van der Waals surface area (Å²) in [5, 5.41) is 8.91. The highest BCUT2D eigenvalue weighted by Gasteiger charge is 2.16. The number of hydrogen-bond acceptors (Lipinski definition) is 3. The van der Waals surface area contributed by atoms with Crippen LogP contribution in [-0.4, -0.2) is 17.0 Å². The summed E-state index contributed by atoms with van der Waals surface area (Å²) in [5.41, 5.74) is 0.615. The molecule has 1 atom stereocenters. The lowest BCUT2D eigenvalue weighted by molar-refractivity contribution is 0.238. The van der Waals surface area contributed by atoms with Crippen LogP contribution in [0.25, 0.3) is 0 Å². The molecule has 0 bridgehead atoms. The van der Waals surface area contributed by atoms with Gasteiger partial charge in [-0.05, 0) is 26.0 Å². The molecule has 15 heavy (non-hydrogen) atoms. The van der Waals surface area contributed by atoms with Crippen LogP contribution >= 0.6 is 11.6 Å². The van der Waals surface area contributed by atoms with Gasteiger partial charge in [0.25, 0.3) is 0 Å². The second-order valence-electron chi connectivity index (χ2n) is 3.39. The second kappa shape index (κ2) is 5.57. The summed E-state index contributed by atoms with van der Waals surface area (Å²) in [5.74, 6) is 0.448. The highest BCUT2D eigenvalue weighted by molar-refractivity contribution is 6.18. The monoisotopic (exact) mass is 224 g/mol. The smallest absolute Gasteiger partial charge is 0.142 e. The SMILES string of the molecule is CC(C)Oc1cccnc1C(C#N)CCl. The molecule has 0 aromatic carbocycles. The predicted molar refractivity (Wildman–Crippen MR) is 59.1 cm³/mol. The minimum absolute atomic E-state index is 0.0580. The average Bonchev–Trinajstić information content (AvgIpc) is 2.21. The summed E-state index contributed by atoms with van der Waals surface area (Å²) in [4.78, 5) is 4.14. The molecule has 1 heterocycles. The van der Waals surface area contributed by atoms with Gasteiger partial charge in [-0.2, -0.15) is 5.26 Å². The molecule has 1 aromatic heterocycles. The average molecular weight is 225 g/mol. The lowest BCUT2D eigenvalue weighted by Gasteiger charge is -2.14. The Morgan fingerprint density at radius 1 is 1.60 bits per heavy atom. The van der Waals surface area contributed by atoms with Gasteiger partial charge in [-0.3, -0.25) is 4.98 Å². The van der Waals surface area contributed by atoms with E-state index in [1.54, 1.807) is 18.3 Å². The Morgan fingerprint density at radius 3 is 2.87 bits per heavy atom. The maximum atomic E-state index is 8.91. The fourth-order valence-corrected chi connectivity index (χ4v) is 1.40. The fourth-order valence-electron chi connectivity index (χ4n) is 1.19. The van der Waals surface area contributed by atoms with Crippen molar-refractivity contribution in [2.24, 2.45) is 0 Å². The third-order valence-corrected chi connectivity index (χ3v) is 2.11. The maximum absolute atomic E-state index is 8.91. The van der Waals surface area contributed by atoms with Gasteiger partial charge in [-0.1, -0.05) is 0 Å². The van der Waals surface area contributed by atoms with Crippen molar-refractivity contribution in [1.29, 1.82) is 5.26 Å². The van der Waals surface area contributed by atoms with Crippen LogP contribution in [0.4, 0.5) is 0 Å². The van der Waals surface area contributed by atoms with Crippen LogP contribution in [0.5, 0.6) is 5.75 Å². The molecule has 0 aliphatic carbocycles. The first-order chi connectivity index (χ1) is 7.19. The Kier molecular flexibility index (Phi) is 4.38. The molecule has 1 unspecified atom stereocenters. The van der Waals surface area contributed by atoms with E-state index in [1.165, 1.54) is 0 Å². The molecular weight excluding hydrogens is 212 g/mol. The Bertz CT molecular complexity index is 360. The molecule has 0 spiro atoms. The van der Waals surface area contributed by atoms with Gasteiger partial charge in [0.1, 0.15) is 17.4 Å². The molecule has 0 fully saturated rings. The summed E-state index contributed by atoms with van der Waals surface area (Å²) >= 11 is 5.69. The van der Waals surface area contributed by atoms with Crippen molar-refractivity contribution in [2.45, 2.75) is 25.9 Å². The minimum Gasteiger partial charge on any atom is -0.489 e. The third-order valence-electron chi connectivity index (χ3n) is 1.80. The van der Waals surface area contributed by atoms with Crippen molar-refractivity contribution in [1.82, 2.24) is 4.98 Å². The first kappa shape index (κ1) is 11.8. The van der Waals surface area contributed by atoms with Gasteiger partial charge in [-0.25, -0.2) is 0 Å². The molecule has 1 aromatic rings. The van der Waals surface area contributed by atoms with Gasteiger partial charge in [0.15, 0.2) is 0 Å². The number of nitrogens with zero attached hydrogens (tertiary/aromatic N) is 2. The van der Waals surface area contributed by atoms with E-state index in [0.29, 0.717) is 11.4 Å². The largest absolute Gasteiger partial charge is 0.489 e. The van der Waals surface area contributed by atoms with Crippen LogP contribution in [0.1, 0.15) is 25.5 Å². The highest BCUT2D eigenvalue weighted by Crippen LogP contribution is 2.25. The molecule has 0 radical (unpaired) electrons. The van der Waals surface area contributed by atoms with Crippen molar-refractivity contribution in [2.75, 3.05) is 5.88 Å². The van der Waals surface area contributed by atoms with Crippen molar-refractivity contribution in [3.8, 4) is 11.8 Å². The Labute approximate surface area is 94.7 Å². The molecule has 1 rings (SSSR count). The minimum atomic E-state index is -0.415. The Balaban J connectivity index is 3.01. The standard InChI is InChI=1S/C11H13ClN2O/c1-8(2)15-10-4-3-5-14-11(10)9(6-12)7-13/h3-5,8-9H,6H2,1-2H3. The van der Waals surface area contributed by atoms with Crippen molar-refractivity contribution in [3.05, 3.63) is 24.0 Å². The van der Waals surface area contributed by atoms with E-state index in [9.17, 15) is 0 Å². The van der Waals surface area contributed by atoms with Crippen LogP contribution in [-0.2, 0) is 0 Å². The topological polar surface area (TPSA) is 45.9 Å². The first-order valence-corrected chi connectivity index (χ1v) is 5.29. The van der Waals surface area contributed by atoms with Crippen molar-refractivity contribution < 1.29 is 4.74 Å². The first-order valence-electron chi connectivity index (χ1n) is 4.76. The lowest BCUT2D eigenvalue weighted by atomic mass is 10.1. The molecule has 0 amide bonds. The van der Waals surface area contributed by atoms with E-state index < -0.39 is 5.92 Å². The number of ether oxygens (including phenoxy) is 1. The van der Waals surface area contributed by atoms with Gasteiger partial charge in [0, 0.05) is 12.1 Å². The van der Waals surface area contributed by atoms with Gasteiger partial charge in [0.05, 0.1) is 12.2 Å². The van der Waals surface area contributed by atoms with E-state index >= 15 is 0 Å². The zero-order valence-corrected chi connectivity index (χ0v) is 9.53. The van der Waals surface area contributed by atoms with Crippen molar-refractivity contribution in [3.63, 3.8) is 0 Å². The number of alkyl halides is 1. The zero-order valence-electron chi connectivity index (χ0n) is 8.77. The van der Waals surface area contributed by atoms with Gasteiger partial charge in [-0.15, -0.1) is 11.6 Å².